The van der Waals surface area contributed by atoms with E-state index in [0.29, 0.717) is 5.56 Å². The third-order valence-electron chi connectivity index (χ3n) is 4.51. The van der Waals surface area contributed by atoms with Gasteiger partial charge in [-0.25, -0.2) is 4.79 Å². The van der Waals surface area contributed by atoms with E-state index in [0.717, 1.165) is 0 Å². The first kappa shape index (κ1) is 26.5. The second-order valence-electron chi connectivity index (χ2n) is 8.31. The Bertz CT molecular complexity index is 807. The smallest absolute Gasteiger partial charge is 0.338 e. The van der Waals surface area contributed by atoms with Crippen molar-refractivity contribution in [2.24, 2.45) is 0 Å². The van der Waals surface area contributed by atoms with Gasteiger partial charge in [0.05, 0.1) is 11.7 Å². The molecule has 1 aromatic carbocycles. The van der Waals surface area contributed by atoms with Crippen LogP contribution < -0.4 is 0 Å². The number of ether oxygens (including phenoxy) is 4. The topological polar surface area (TPSA) is 105 Å². The van der Waals surface area contributed by atoms with E-state index >= 15 is 0 Å². The second-order valence-corrected chi connectivity index (χ2v) is 8.31. The van der Waals surface area contributed by atoms with Crippen molar-refractivity contribution in [1.82, 2.24) is 0 Å². The highest BCUT2D eigenvalue weighted by Gasteiger charge is 2.32. The lowest BCUT2D eigenvalue weighted by atomic mass is 9.95. The summed E-state index contributed by atoms with van der Waals surface area (Å²) in [5.74, 6) is -1.54. The minimum atomic E-state index is -1.24. The number of ketones is 2. The van der Waals surface area contributed by atoms with Crippen LogP contribution in [0.3, 0.4) is 0 Å². The number of Topliss-reactive ketones (excluding diaryl/α,β-unsaturated/α-hetero) is 2. The first-order valence-electron chi connectivity index (χ1n) is 10.0. The van der Waals surface area contributed by atoms with Gasteiger partial charge >= 0.3 is 11.9 Å². The van der Waals surface area contributed by atoms with Gasteiger partial charge < -0.3 is 18.9 Å². The van der Waals surface area contributed by atoms with Crippen LogP contribution in [0.1, 0.15) is 76.1 Å². The Balaban J connectivity index is 2.71. The molecule has 0 N–H and O–H groups in total. The van der Waals surface area contributed by atoms with Gasteiger partial charge in [0.15, 0.2) is 11.6 Å². The zero-order valence-electron chi connectivity index (χ0n) is 19.4. The number of esters is 2. The number of benzene rings is 1. The third-order valence-corrected chi connectivity index (χ3v) is 4.51. The summed E-state index contributed by atoms with van der Waals surface area (Å²) in [5, 5.41) is 0. The van der Waals surface area contributed by atoms with Gasteiger partial charge in [-0.15, -0.1) is 0 Å². The number of hydrogen-bond acceptors (Lipinski definition) is 8. The minimum absolute atomic E-state index is 0.0227. The molecule has 0 amide bonds. The zero-order valence-corrected chi connectivity index (χ0v) is 19.4. The molecule has 0 spiro atoms. The van der Waals surface area contributed by atoms with E-state index in [1.54, 1.807) is 34.6 Å². The van der Waals surface area contributed by atoms with Crippen LogP contribution in [0.25, 0.3) is 0 Å². The summed E-state index contributed by atoms with van der Waals surface area (Å²) >= 11 is 0. The Morgan fingerprint density at radius 3 is 1.84 bits per heavy atom. The van der Waals surface area contributed by atoms with Crippen LogP contribution >= 0.6 is 0 Å². The molecule has 31 heavy (non-hydrogen) atoms. The largest absolute Gasteiger partial charge is 0.459 e. The van der Waals surface area contributed by atoms with Crippen LogP contribution in [0.5, 0.6) is 0 Å². The van der Waals surface area contributed by atoms with Crippen molar-refractivity contribution in [1.29, 1.82) is 0 Å². The average molecular weight is 437 g/mol. The summed E-state index contributed by atoms with van der Waals surface area (Å²) in [6.07, 6.45) is -1.36. The Kier molecular flexibility index (Phi) is 9.08. The Labute approximate surface area is 183 Å². The SMILES string of the molecule is CC(=O)OC(C)OC(C)(C)C(=O)c1ccc(C(=O)OCC(C)OC(C)(C)C(C)=O)cc1. The van der Waals surface area contributed by atoms with E-state index in [1.807, 2.05) is 0 Å². The molecule has 8 heteroatoms. The normalized spacial score (nSPS) is 13.8. The Morgan fingerprint density at radius 1 is 0.839 bits per heavy atom. The molecule has 2 unspecified atom stereocenters. The average Bonchev–Trinajstić information content (AvgIpc) is 2.64. The maximum atomic E-state index is 12.7. The molecule has 1 rings (SSSR count). The predicted molar refractivity (Wildman–Crippen MR) is 113 cm³/mol. The quantitative estimate of drug-likeness (QED) is 0.295. The fourth-order valence-electron chi connectivity index (χ4n) is 2.73. The molecular formula is C23H32O8. The van der Waals surface area contributed by atoms with Gasteiger partial charge in [-0.3, -0.25) is 14.4 Å². The van der Waals surface area contributed by atoms with Gasteiger partial charge in [0.1, 0.15) is 17.8 Å². The van der Waals surface area contributed by atoms with E-state index in [1.165, 1.54) is 45.0 Å². The molecular weight excluding hydrogens is 404 g/mol. The lowest BCUT2D eigenvalue weighted by molar-refractivity contribution is -0.189. The van der Waals surface area contributed by atoms with Gasteiger partial charge in [0.2, 0.25) is 6.29 Å². The first-order valence-corrected chi connectivity index (χ1v) is 10.0. The van der Waals surface area contributed by atoms with E-state index in [9.17, 15) is 19.2 Å². The van der Waals surface area contributed by atoms with Gasteiger partial charge in [0, 0.05) is 12.5 Å². The highest BCUT2D eigenvalue weighted by molar-refractivity contribution is 6.02. The molecule has 8 nitrogen and oxygen atoms in total. The lowest BCUT2D eigenvalue weighted by Gasteiger charge is -2.27. The Hall–Kier alpha value is -2.58. The molecule has 172 valence electrons. The van der Waals surface area contributed by atoms with Crippen LogP contribution in [-0.4, -0.2) is 53.7 Å². The number of hydrogen-bond donors (Lipinski definition) is 0. The first-order chi connectivity index (χ1) is 14.2. The molecule has 0 heterocycles. The predicted octanol–water partition coefficient (Wildman–Crippen LogP) is 3.50. The van der Waals surface area contributed by atoms with Crippen LogP contribution in [0.4, 0.5) is 0 Å². The van der Waals surface area contributed by atoms with Gasteiger partial charge in [-0.1, -0.05) is 12.1 Å². The van der Waals surface area contributed by atoms with E-state index < -0.39 is 35.5 Å². The van der Waals surface area contributed by atoms with Crippen LogP contribution in [-0.2, 0) is 28.5 Å². The van der Waals surface area contributed by atoms with Crippen molar-refractivity contribution in [2.75, 3.05) is 6.61 Å². The lowest BCUT2D eigenvalue weighted by Crippen LogP contribution is -2.39. The zero-order chi connectivity index (χ0) is 24.0. The highest BCUT2D eigenvalue weighted by Crippen LogP contribution is 2.21. The van der Waals surface area contributed by atoms with E-state index in [2.05, 4.69) is 0 Å². The number of rotatable bonds is 11. The van der Waals surface area contributed by atoms with Gasteiger partial charge in [-0.05, 0) is 60.6 Å². The second kappa shape index (κ2) is 10.6. The van der Waals surface area contributed by atoms with Crippen LogP contribution in [0.2, 0.25) is 0 Å². The van der Waals surface area contributed by atoms with Crippen molar-refractivity contribution in [3.05, 3.63) is 35.4 Å². The molecule has 0 aliphatic carbocycles. The molecule has 0 saturated heterocycles. The van der Waals surface area contributed by atoms with E-state index in [4.69, 9.17) is 18.9 Å². The summed E-state index contributed by atoms with van der Waals surface area (Å²) in [6, 6.07) is 5.96. The maximum absolute atomic E-state index is 12.7. The van der Waals surface area contributed by atoms with Gasteiger partial charge in [-0.2, -0.15) is 0 Å². The Morgan fingerprint density at radius 2 is 1.35 bits per heavy atom. The van der Waals surface area contributed by atoms with Crippen molar-refractivity contribution in [3.8, 4) is 0 Å². The maximum Gasteiger partial charge on any atom is 0.338 e. The summed E-state index contributed by atoms with van der Waals surface area (Å²) in [7, 11) is 0. The van der Waals surface area contributed by atoms with Crippen molar-refractivity contribution in [2.45, 2.75) is 79.0 Å². The highest BCUT2D eigenvalue weighted by atomic mass is 16.7. The monoisotopic (exact) mass is 436 g/mol. The summed E-state index contributed by atoms with van der Waals surface area (Å²) in [5.41, 5.74) is -1.61. The fraction of sp³-hybridized carbons (Fsp3) is 0.565. The number of carbonyl (C=O) groups excluding carboxylic acids is 4. The molecule has 0 aliphatic heterocycles. The molecule has 1 aromatic rings. The summed E-state index contributed by atoms with van der Waals surface area (Å²) in [4.78, 5) is 47.6. The number of carbonyl (C=O) groups is 4. The molecule has 0 bridgehead atoms. The summed E-state index contributed by atoms with van der Waals surface area (Å²) in [6.45, 7) is 12.3. The van der Waals surface area contributed by atoms with Gasteiger partial charge in [0.25, 0.3) is 0 Å². The van der Waals surface area contributed by atoms with Crippen molar-refractivity contribution < 1.29 is 38.1 Å². The third kappa shape index (κ3) is 8.22. The molecule has 0 saturated carbocycles. The molecule has 0 fully saturated rings. The van der Waals surface area contributed by atoms with E-state index in [-0.39, 0.29) is 23.7 Å². The fourth-order valence-corrected chi connectivity index (χ4v) is 2.73. The molecule has 0 radical (unpaired) electrons. The molecule has 0 aliphatic rings. The summed E-state index contributed by atoms with van der Waals surface area (Å²) < 4.78 is 21.3. The molecule has 0 aromatic heterocycles. The van der Waals surface area contributed by atoms with Crippen molar-refractivity contribution in [3.63, 3.8) is 0 Å². The van der Waals surface area contributed by atoms with Crippen LogP contribution in [0.15, 0.2) is 24.3 Å². The standard InChI is InChI=1S/C23H32O8/c1-14(30-22(5,6)15(2)24)13-28-21(27)19-11-9-18(10-12-19)20(26)23(7,8)31-17(4)29-16(3)25/h9-12,14,17H,13H2,1-8H3. The van der Waals surface area contributed by atoms with Crippen LogP contribution in [0, 0.1) is 0 Å². The minimum Gasteiger partial charge on any atom is -0.459 e. The molecule has 2 atom stereocenters. The van der Waals surface area contributed by atoms with Crippen molar-refractivity contribution >= 4 is 23.5 Å².